The third-order valence-electron chi connectivity index (χ3n) is 3.65. The second kappa shape index (κ2) is 7.58. The first-order valence-corrected chi connectivity index (χ1v) is 7.53. The highest BCUT2D eigenvalue weighted by Crippen LogP contribution is 2.16. The van der Waals surface area contributed by atoms with E-state index in [0.717, 1.165) is 11.3 Å². The van der Waals surface area contributed by atoms with Crippen molar-refractivity contribution in [1.29, 1.82) is 0 Å². The lowest BCUT2D eigenvalue weighted by Gasteiger charge is -2.10. The van der Waals surface area contributed by atoms with Crippen molar-refractivity contribution >= 4 is 5.91 Å². The predicted octanol–water partition coefficient (Wildman–Crippen LogP) is 1.89. The standard InChI is InChI=1S/C17H21N3O3/c1-11-7-4-5-8-14(11)23-10-6-9-18-16(21)15-12(2)13(3)19-20-17(15)22/h4-5,7-8H,6,9-10H2,1-3H3,(H,18,21)(H,20,22). The molecule has 1 aromatic carbocycles. The van der Waals surface area contributed by atoms with E-state index in [1.807, 2.05) is 31.2 Å². The number of nitrogens with zero attached hydrogens (tertiary/aromatic N) is 1. The molecule has 2 N–H and O–H groups in total. The smallest absolute Gasteiger partial charge is 0.277 e. The zero-order valence-corrected chi connectivity index (χ0v) is 13.6. The summed E-state index contributed by atoms with van der Waals surface area (Å²) in [6, 6.07) is 7.78. The Balaban J connectivity index is 1.83. The molecule has 0 atom stereocenters. The SMILES string of the molecule is Cc1ccccc1OCCCNC(=O)c1c(C)c(C)n[nH]c1=O. The summed E-state index contributed by atoms with van der Waals surface area (Å²) >= 11 is 0. The number of nitrogens with one attached hydrogen (secondary N) is 2. The van der Waals surface area contributed by atoms with Crippen molar-refractivity contribution in [2.45, 2.75) is 27.2 Å². The first-order chi connectivity index (χ1) is 11.0. The molecule has 0 bridgehead atoms. The van der Waals surface area contributed by atoms with Gasteiger partial charge in [-0.15, -0.1) is 0 Å². The van der Waals surface area contributed by atoms with Crippen LogP contribution < -0.4 is 15.6 Å². The van der Waals surface area contributed by atoms with Gasteiger partial charge in [0.05, 0.1) is 12.3 Å². The minimum atomic E-state index is -0.471. The van der Waals surface area contributed by atoms with Crippen molar-refractivity contribution in [3.63, 3.8) is 0 Å². The van der Waals surface area contributed by atoms with Crippen LogP contribution >= 0.6 is 0 Å². The predicted molar refractivity (Wildman–Crippen MR) is 88.0 cm³/mol. The number of aromatic nitrogens is 2. The molecule has 1 amide bonds. The fourth-order valence-corrected chi connectivity index (χ4v) is 2.16. The molecule has 122 valence electrons. The van der Waals surface area contributed by atoms with Crippen LogP contribution in [0.15, 0.2) is 29.1 Å². The van der Waals surface area contributed by atoms with E-state index < -0.39 is 5.56 Å². The molecule has 0 spiro atoms. The molecule has 0 fully saturated rings. The number of aryl methyl sites for hydroxylation is 2. The lowest BCUT2D eigenvalue weighted by atomic mass is 10.1. The summed E-state index contributed by atoms with van der Waals surface area (Å²) in [6.45, 7) is 6.38. The van der Waals surface area contributed by atoms with Gasteiger partial charge in [-0.3, -0.25) is 9.59 Å². The number of carbonyl (C=O) groups excluding carboxylic acids is 1. The summed E-state index contributed by atoms with van der Waals surface area (Å²) in [5.41, 5.74) is 1.96. The van der Waals surface area contributed by atoms with Crippen LogP contribution in [-0.2, 0) is 0 Å². The van der Waals surface area contributed by atoms with Crippen molar-refractivity contribution in [2.24, 2.45) is 0 Å². The lowest BCUT2D eigenvalue weighted by Crippen LogP contribution is -2.32. The van der Waals surface area contributed by atoms with E-state index in [2.05, 4.69) is 15.5 Å². The molecule has 0 aliphatic rings. The fraction of sp³-hybridized carbons (Fsp3) is 0.353. The minimum absolute atomic E-state index is 0.123. The van der Waals surface area contributed by atoms with Crippen molar-refractivity contribution in [2.75, 3.05) is 13.2 Å². The van der Waals surface area contributed by atoms with Crippen LogP contribution in [0.3, 0.4) is 0 Å². The van der Waals surface area contributed by atoms with E-state index in [4.69, 9.17) is 4.74 Å². The average molecular weight is 315 g/mol. The fourth-order valence-electron chi connectivity index (χ4n) is 2.16. The maximum absolute atomic E-state index is 12.1. The molecule has 1 aromatic heterocycles. The van der Waals surface area contributed by atoms with Gasteiger partial charge in [0.25, 0.3) is 11.5 Å². The number of rotatable bonds is 6. The van der Waals surface area contributed by atoms with Gasteiger partial charge in [0.15, 0.2) is 0 Å². The Morgan fingerprint density at radius 2 is 2.00 bits per heavy atom. The largest absolute Gasteiger partial charge is 0.493 e. The number of benzene rings is 1. The van der Waals surface area contributed by atoms with Gasteiger partial charge in [-0.2, -0.15) is 5.10 Å². The zero-order valence-electron chi connectivity index (χ0n) is 13.6. The van der Waals surface area contributed by atoms with Crippen LogP contribution in [0.2, 0.25) is 0 Å². The van der Waals surface area contributed by atoms with Gasteiger partial charge in [-0.25, -0.2) is 5.10 Å². The highest BCUT2D eigenvalue weighted by molar-refractivity contribution is 5.95. The first-order valence-electron chi connectivity index (χ1n) is 7.53. The van der Waals surface area contributed by atoms with Gasteiger partial charge in [-0.1, -0.05) is 18.2 Å². The van der Waals surface area contributed by atoms with Crippen molar-refractivity contribution in [3.05, 3.63) is 57.0 Å². The summed E-state index contributed by atoms with van der Waals surface area (Å²) in [5, 5.41) is 8.91. The Bertz CT molecular complexity index is 753. The van der Waals surface area contributed by atoms with Crippen LogP contribution in [0, 0.1) is 20.8 Å². The molecule has 2 aromatic rings. The molecule has 0 aliphatic carbocycles. The molecular weight excluding hydrogens is 294 g/mol. The Morgan fingerprint density at radius 3 is 2.74 bits per heavy atom. The quantitative estimate of drug-likeness (QED) is 0.797. The van der Waals surface area contributed by atoms with E-state index in [-0.39, 0.29) is 11.5 Å². The van der Waals surface area contributed by atoms with E-state index in [9.17, 15) is 9.59 Å². The molecule has 0 radical (unpaired) electrons. The summed E-state index contributed by atoms with van der Waals surface area (Å²) in [4.78, 5) is 23.9. The molecule has 0 unspecified atom stereocenters. The van der Waals surface area contributed by atoms with Gasteiger partial charge in [-0.05, 0) is 44.4 Å². The number of amides is 1. The Morgan fingerprint density at radius 1 is 1.26 bits per heavy atom. The second-order valence-electron chi connectivity index (χ2n) is 5.36. The summed E-state index contributed by atoms with van der Waals surface area (Å²) in [5.74, 6) is 0.459. The third-order valence-corrected chi connectivity index (χ3v) is 3.65. The zero-order chi connectivity index (χ0) is 16.8. The third kappa shape index (κ3) is 4.18. The van der Waals surface area contributed by atoms with E-state index in [1.54, 1.807) is 13.8 Å². The lowest BCUT2D eigenvalue weighted by molar-refractivity contribution is 0.0949. The molecule has 0 saturated carbocycles. The number of carbonyl (C=O) groups is 1. The average Bonchev–Trinajstić information content (AvgIpc) is 2.53. The van der Waals surface area contributed by atoms with Crippen LogP contribution in [0.4, 0.5) is 0 Å². The van der Waals surface area contributed by atoms with E-state index >= 15 is 0 Å². The highest BCUT2D eigenvalue weighted by atomic mass is 16.5. The Labute approximate surface area is 134 Å². The summed E-state index contributed by atoms with van der Waals surface area (Å²) in [7, 11) is 0. The van der Waals surface area contributed by atoms with E-state index in [0.29, 0.717) is 30.8 Å². The van der Waals surface area contributed by atoms with Crippen LogP contribution in [-0.4, -0.2) is 29.3 Å². The molecule has 23 heavy (non-hydrogen) atoms. The number of hydrogen-bond acceptors (Lipinski definition) is 4. The number of H-pyrrole nitrogens is 1. The van der Waals surface area contributed by atoms with Gasteiger partial charge in [0.1, 0.15) is 11.3 Å². The molecule has 1 heterocycles. The molecule has 6 heteroatoms. The topological polar surface area (TPSA) is 84.1 Å². The maximum atomic E-state index is 12.1. The molecule has 0 aliphatic heterocycles. The Hall–Kier alpha value is -2.63. The number of para-hydroxylation sites is 1. The highest BCUT2D eigenvalue weighted by Gasteiger charge is 2.15. The number of aromatic amines is 1. The molecule has 0 saturated heterocycles. The van der Waals surface area contributed by atoms with Crippen molar-refractivity contribution in [3.8, 4) is 5.75 Å². The monoisotopic (exact) mass is 315 g/mol. The molecular formula is C17H21N3O3. The van der Waals surface area contributed by atoms with Crippen molar-refractivity contribution < 1.29 is 9.53 Å². The van der Waals surface area contributed by atoms with Crippen LogP contribution in [0.25, 0.3) is 0 Å². The summed E-state index contributed by atoms with van der Waals surface area (Å²) in [6.07, 6.45) is 0.654. The molecule has 2 rings (SSSR count). The summed E-state index contributed by atoms with van der Waals surface area (Å²) < 4.78 is 5.66. The number of hydrogen-bond donors (Lipinski definition) is 2. The first kappa shape index (κ1) is 16.7. The van der Waals surface area contributed by atoms with Crippen molar-refractivity contribution in [1.82, 2.24) is 15.5 Å². The Kier molecular flexibility index (Phi) is 5.51. The van der Waals surface area contributed by atoms with E-state index in [1.165, 1.54) is 0 Å². The van der Waals surface area contributed by atoms with Gasteiger partial charge in [0.2, 0.25) is 0 Å². The van der Waals surface area contributed by atoms with Gasteiger partial charge in [0, 0.05) is 6.54 Å². The van der Waals surface area contributed by atoms with Crippen LogP contribution in [0.5, 0.6) is 5.75 Å². The van der Waals surface area contributed by atoms with Crippen LogP contribution in [0.1, 0.15) is 33.6 Å². The van der Waals surface area contributed by atoms with Gasteiger partial charge >= 0.3 is 0 Å². The van der Waals surface area contributed by atoms with Gasteiger partial charge < -0.3 is 10.1 Å². The maximum Gasteiger partial charge on any atom is 0.277 e. The normalized spacial score (nSPS) is 10.4. The second-order valence-corrected chi connectivity index (χ2v) is 5.36. The molecule has 6 nitrogen and oxygen atoms in total. The number of ether oxygens (including phenoxy) is 1. The minimum Gasteiger partial charge on any atom is -0.493 e.